The fourth-order valence-corrected chi connectivity index (χ4v) is 3.32. The van der Waals surface area contributed by atoms with Gasteiger partial charge in [-0.3, -0.25) is 9.89 Å². The van der Waals surface area contributed by atoms with E-state index in [1.807, 2.05) is 24.3 Å². The third-order valence-electron chi connectivity index (χ3n) is 4.84. The van der Waals surface area contributed by atoms with Gasteiger partial charge in [-0.15, -0.1) is 24.0 Å². The lowest BCUT2D eigenvalue weighted by molar-refractivity contribution is 0.251. The number of nitrogens with one attached hydrogen (secondary N) is 1. The molecule has 0 spiro atoms. The number of rotatable bonds is 6. The molecule has 1 fully saturated rings. The van der Waals surface area contributed by atoms with E-state index in [0.717, 1.165) is 24.5 Å². The molecule has 0 aliphatic carbocycles. The van der Waals surface area contributed by atoms with E-state index in [1.54, 1.807) is 7.11 Å². The van der Waals surface area contributed by atoms with Crippen molar-refractivity contribution < 1.29 is 4.74 Å². The third kappa shape index (κ3) is 6.10. The van der Waals surface area contributed by atoms with Gasteiger partial charge in [0.1, 0.15) is 5.75 Å². The van der Waals surface area contributed by atoms with E-state index in [1.165, 1.54) is 24.0 Å². The maximum absolute atomic E-state index is 6.11. The Kier molecular flexibility index (Phi) is 8.37. The molecule has 0 amide bonds. The fourth-order valence-electron chi connectivity index (χ4n) is 3.32. The van der Waals surface area contributed by atoms with Crippen LogP contribution in [0, 0.1) is 6.92 Å². The van der Waals surface area contributed by atoms with Crippen LogP contribution < -0.4 is 15.8 Å². The van der Waals surface area contributed by atoms with Crippen molar-refractivity contribution in [1.82, 2.24) is 4.90 Å². The number of aliphatic imine (C=N–C) groups is 1. The summed E-state index contributed by atoms with van der Waals surface area (Å²) in [6, 6.07) is 16.6. The van der Waals surface area contributed by atoms with Crippen molar-refractivity contribution in [3.63, 3.8) is 0 Å². The molecule has 6 heteroatoms. The number of likely N-dealkylation sites (tertiary alicyclic amines) is 1. The van der Waals surface area contributed by atoms with Crippen LogP contribution in [0.2, 0.25) is 0 Å². The van der Waals surface area contributed by atoms with Gasteiger partial charge in [0.2, 0.25) is 0 Å². The molecule has 2 aromatic rings. The Morgan fingerprint density at radius 3 is 2.33 bits per heavy atom. The van der Waals surface area contributed by atoms with Crippen LogP contribution in [0.5, 0.6) is 5.75 Å². The Hall–Kier alpha value is -1.80. The number of halogens is 1. The molecule has 3 N–H and O–H groups in total. The zero-order chi connectivity index (χ0) is 18.4. The smallest absolute Gasteiger partial charge is 0.193 e. The Morgan fingerprint density at radius 1 is 1.11 bits per heavy atom. The van der Waals surface area contributed by atoms with Gasteiger partial charge in [-0.05, 0) is 62.7 Å². The van der Waals surface area contributed by atoms with E-state index in [9.17, 15) is 0 Å². The molecule has 1 aliphatic rings. The summed E-state index contributed by atoms with van der Waals surface area (Å²) in [5.74, 6) is 1.32. The van der Waals surface area contributed by atoms with Crippen LogP contribution in [-0.2, 0) is 0 Å². The third-order valence-corrected chi connectivity index (χ3v) is 4.84. The molecule has 1 saturated heterocycles. The first kappa shape index (κ1) is 21.5. The average Bonchev–Trinajstić information content (AvgIpc) is 3.19. The molecule has 0 radical (unpaired) electrons. The van der Waals surface area contributed by atoms with E-state index in [4.69, 9.17) is 10.5 Å². The van der Waals surface area contributed by atoms with Crippen molar-refractivity contribution in [2.45, 2.75) is 25.8 Å². The van der Waals surface area contributed by atoms with Crippen LogP contribution in [0.25, 0.3) is 0 Å². The fraction of sp³-hybridized carbons (Fsp3) is 0.381. The summed E-state index contributed by atoms with van der Waals surface area (Å²) in [6.07, 6.45) is 2.49. The van der Waals surface area contributed by atoms with E-state index < -0.39 is 0 Å². The Labute approximate surface area is 179 Å². The Balaban J connectivity index is 0.00000261. The minimum absolute atomic E-state index is 0. The molecular formula is C21H29IN4O. The largest absolute Gasteiger partial charge is 0.497 e. The number of benzene rings is 2. The normalized spacial score (nSPS) is 15.9. The standard InChI is InChI=1S/C21H28N4O.HI/c1-16-5-9-18(10-6-16)24-21(22)23-15-20(25-13-3-4-14-25)17-7-11-19(26-2)12-8-17;/h5-12,20H,3-4,13-15H2,1-2H3,(H3,22,23,24);1H. The lowest BCUT2D eigenvalue weighted by Crippen LogP contribution is -2.30. The number of hydrogen-bond donors (Lipinski definition) is 2. The quantitative estimate of drug-likeness (QED) is 0.370. The summed E-state index contributed by atoms with van der Waals surface area (Å²) >= 11 is 0. The summed E-state index contributed by atoms with van der Waals surface area (Å²) in [7, 11) is 1.69. The van der Waals surface area contributed by atoms with Crippen LogP contribution in [0.4, 0.5) is 5.69 Å². The summed E-state index contributed by atoms with van der Waals surface area (Å²) in [5.41, 5.74) is 9.54. The van der Waals surface area contributed by atoms with Crippen molar-refractivity contribution in [3.8, 4) is 5.75 Å². The van der Waals surface area contributed by atoms with Crippen LogP contribution in [-0.4, -0.2) is 37.6 Å². The van der Waals surface area contributed by atoms with E-state index >= 15 is 0 Å². The molecule has 0 aromatic heterocycles. The number of aryl methyl sites for hydroxylation is 1. The first-order valence-corrected chi connectivity index (χ1v) is 9.17. The molecule has 1 atom stereocenters. The summed E-state index contributed by atoms with van der Waals surface area (Å²) in [4.78, 5) is 7.11. The van der Waals surface area contributed by atoms with Crippen LogP contribution >= 0.6 is 24.0 Å². The number of nitrogens with zero attached hydrogens (tertiary/aromatic N) is 2. The van der Waals surface area contributed by atoms with Gasteiger partial charge in [-0.25, -0.2) is 0 Å². The first-order valence-electron chi connectivity index (χ1n) is 9.17. The predicted octanol–water partition coefficient (Wildman–Crippen LogP) is 4.19. The molecular weight excluding hydrogens is 451 g/mol. The second-order valence-corrected chi connectivity index (χ2v) is 6.75. The summed E-state index contributed by atoms with van der Waals surface area (Å²) in [5, 5.41) is 3.17. The SMILES string of the molecule is COc1ccc(C(CN=C(N)Nc2ccc(C)cc2)N2CCCC2)cc1.I. The number of nitrogens with two attached hydrogens (primary N) is 1. The second-order valence-electron chi connectivity index (χ2n) is 6.75. The molecule has 27 heavy (non-hydrogen) atoms. The number of methoxy groups -OCH3 is 1. The predicted molar refractivity (Wildman–Crippen MR) is 123 cm³/mol. The maximum atomic E-state index is 6.11. The van der Waals surface area contributed by atoms with Gasteiger partial charge >= 0.3 is 0 Å². The van der Waals surface area contributed by atoms with Gasteiger partial charge in [-0.1, -0.05) is 29.8 Å². The van der Waals surface area contributed by atoms with Crippen molar-refractivity contribution in [3.05, 3.63) is 59.7 Å². The number of ether oxygens (including phenoxy) is 1. The van der Waals surface area contributed by atoms with Gasteiger partial charge in [0.25, 0.3) is 0 Å². The zero-order valence-electron chi connectivity index (χ0n) is 16.0. The molecule has 1 heterocycles. The van der Waals surface area contributed by atoms with Gasteiger partial charge in [0.15, 0.2) is 5.96 Å². The molecule has 2 aromatic carbocycles. The van der Waals surface area contributed by atoms with Gasteiger partial charge in [-0.2, -0.15) is 0 Å². The highest BCUT2D eigenvalue weighted by Crippen LogP contribution is 2.27. The van der Waals surface area contributed by atoms with Gasteiger partial charge in [0, 0.05) is 5.69 Å². The van der Waals surface area contributed by atoms with Gasteiger partial charge < -0.3 is 15.8 Å². The lowest BCUT2D eigenvalue weighted by Gasteiger charge is -2.27. The minimum Gasteiger partial charge on any atom is -0.497 e. The van der Waals surface area contributed by atoms with Gasteiger partial charge in [0.05, 0.1) is 19.7 Å². The Morgan fingerprint density at radius 2 is 1.74 bits per heavy atom. The molecule has 0 bridgehead atoms. The lowest BCUT2D eigenvalue weighted by atomic mass is 10.1. The molecule has 3 rings (SSSR count). The molecule has 146 valence electrons. The van der Waals surface area contributed by atoms with E-state index in [-0.39, 0.29) is 30.0 Å². The van der Waals surface area contributed by atoms with Crippen LogP contribution in [0.3, 0.4) is 0 Å². The summed E-state index contributed by atoms with van der Waals surface area (Å²) < 4.78 is 5.28. The zero-order valence-corrected chi connectivity index (χ0v) is 18.4. The molecule has 0 saturated carbocycles. The first-order chi connectivity index (χ1) is 12.7. The number of hydrogen-bond acceptors (Lipinski definition) is 3. The van der Waals surface area contributed by atoms with Crippen molar-refractivity contribution in [1.29, 1.82) is 0 Å². The monoisotopic (exact) mass is 480 g/mol. The highest BCUT2D eigenvalue weighted by atomic mass is 127. The van der Waals surface area contributed by atoms with E-state index in [0.29, 0.717) is 12.5 Å². The molecule has 1 aliphatic heterocycles. The second kappa shape index (κ2) is 10.5. The van der Waals surface area contributed by atoms with Crippen molar-refractivity contribution >= 4 is 35.6 Å². The van der Waals surface area contributed by atoms with Crippen molar-refractivity contribution in [2.24, 2.45) is 10.7 Å². The topological polar surface area (TPSA) is 62.9 Å². The average molecular weight is 480 g/mol. The minimum atomic E-state index is 0. The molecule has 5 nitrogen and oxygen atoms in total. The van der Waals surface area contributed by atoms with Crippen LogP contribution in [0.1, 0.15) is 30.0 Å². The highest BCUT2D eigenvalue weighted by Gasteiger charge is 2.23. The maximum Gasteiger partial charge on any atom is 0.193 e. The van der Waals surface area contributed by atoms with Crippen molar-refractivity contribution in [2.75, 3.05) is 32.1 Å². The molecule has 1 unspecified atom stereocenters. The number of anilines is 1. The number of guanidine groups is 1. The summed E-state index contributed by atoms with van der Waals surface area (Å²) in [6.45, 7) is 4.92. The van der Waals surface area contributed by atoms with Crippen LogP contribution in [0.15, 0.2) is 53.5 Å². The Bertz CT molecular complexity index is 725. The van der Waals surface area contributed by atoms with E-state index in [2.05, 4.69) is 46.4 Å². The highest BCUT2D eigenvalue weighted by molar-refractivity contribution is 14.0.